The van der Waals surface area contributed by atoms with E-state index in [9.17, 15) is 8.42 Å². The third-order valence-electron chi connectivity index (χ3n) is 1.61. The van der Waals surface area contributed by atoms with Gasteiger partial charge in [-0.2, -0.15) is 0 Å². The Morgan fingerprint density at radius 2 is 1.69 bits per heavy atom. The van der Waals surface area contributed by atoms with Gasteiger partial charge in [0.15, 0.2) is 0 Å². The minimum atomic E-state index is -3.56. The molecular formula is C7H11N3O2S. The fraction of sp³-hybridized carbons (Fsp3) is 0.143. The Morgan fingerprint density at radius 3 is 2.08 bits per heavy atom. The Morgan fingerprint density at radius 1 is 1.23 bits per heavy atom. The van der Waals surface area contributed by atoms with Gasteiger partial charge in [0.25, 0.3) is 0 Å². The first-order chi connectivity index (χ1) is 5.99. The van der Waals surface area contributed by atoms with Crippen molar-refractivity contribution in [1.29, 1.82) is 0 Å². The lowest BCUT2D eigenvalue weighted by atomic mass is 10.3. The molecule has 0 amide bonds. The second-order valence-electron chi connectivity index (χ2n) is 2.47. The van der Waals surface area contributed by atoms with Crippen LogP contribution in [0.1, 0.15) is 0 Å². The van der Waals surface area contributed by atoms with E-state index < -0.39 is 10.0 Å². The molecule has 0 aliphatic heterocycles. The first-order valence-electron chi connectivity index (χ1n) is 3.56. The van der Waals surface area contributed by atoms with Crippen LogP contribution in [0.3, 0.4) is 0 Å². The van der Waals surface area contributed by atoms with Crippen LogP contribution in [-0.2, 0) is 10.0 Å². The van der Waals surface area contributed by atoms with Crippen molar-refractivity contribution in [2.45, 2.75) is 4.90 Å². The highest BCUT2D eigenvalue weighted by Crippen LogP contribution is 2.23. The molecule has 0 aliphatic rings. The molecule has 1 aromatic carbocycles. The molecule has 0 radical (unpaired) electrons. The highest BCUT2D eigenvalue weighted by Gasteiger charge is 2.17. The molecule has 13 heavy (non-hydrogen) atoms. The molecule has 5 N–H and O–H groups in total. The first kappa shape index (κ1) is 9.82. The van der Waals surface area contributed by atoms with Crippen LogP contribution in [0.25, 0.3) is 0 Å². The molecular weight excluding hydrogens is 190 g/mol. The molecule has 0 saturated heterocycles. The standard InChI is InChI=1S/C7H11N3O2S/c1-10-13(11,12)7-5(8)3-2-4-6(7)9/h2-4,10H,8-9H2,1H3. The highest BCUT2D eigenvalue weighted by atomic mass is 32.2. The average Bonchev–Trinajstić information content (AvgIpc) is 2.03. The Labute approximate surface area is 76.8 Å². The molecule has 72 valence electrons. The maximum Gasteiger partial charge on any atom is 0.244 e. The van der Waals surface area contributed by atoms with Crippen LogP contribution >= 0.6 is 0 Å². The Kier molecular flexibility index (Phi) is 2.44. The summed E-state index contributed by atoms with van der Waals surface area (Å²) >= 11 is 0. The molecule has 0 bridgehead atoms. The van der Waals surface area contributed by atoms with Crippen LogP contribution < -0.4 is 16.2 Å². The van der Waals surface area contributed by atoms with Crippen molar-refractivity contribution in [3.8, 4) is 0 Å². The Hall–Kier alpha value is -1.27. The summed E-state index contributed by atoms with van der Waals surface area (Å²) in [7, 11) is -2.25. The zero-order chi connectivity index (χ0) is 10.1. The quantitative estimate of drug-likeness (QED) is 0.575. The van der Waals surface area contributed by atoms with Gasteiger partial charge in [0.05, 0.1) is 11.4 Å². The summed E-state index contributed by atoms with van der Waals surface area (Å²) in [6.45, 7) is 0. The van der Waals surface area contributed by atoms with Crippen LogP contribution in [0.4, 0.5) is 11.4 Å². The number of hydrogen-bond donors (Lipinski definition) is 3. The minimum Gasteiger partial charge on any atom is -0.398 e. The topological polar surface area (TPSA) is 98.2 Å². The summed E-state index contributed by atoms with van der Waals surface area (Å²) in [6.07, 6.45) is 0. The van der Waals surface area contributed by atoms with Crippen LogP contribution in [0.2, 0.25) is 0 Å². The number of rotatable bonds is 2. The number of benzene rings is 1. The summed E-state index contributed by atoms with van der Waals surface area (Å²) in [5, 5.41) is 0. The Bertz CT molecular complexity index is 393. The van der Waals surface area contributed by atoms with E-state index in [0.717, 1.165) is 0 Å². The first-order valence-corrected chi connectivity index (χ1v) is 5.05. The van der Waals surface area contributed by atoms with E-state index in [0.29, 0.717) is 0 Å². The molecule has 0 aliphatic carbocycles. The number of hydrogen-bond acceptors (Lipinski definition) is 4. The van der Waals surface area contributed by atoms with Crippen LogP contribution in [0.5, 0.6) is 0 Å². The molecule has 0 aromatic heterocycles. The van der Waals surface area contributed by atoms with E-state index in [1.54, 1.807) is 6.07 Å². The van der Waals surface area contributed by atoms with Crippen molar-refractivity contribution in [3.05, 3.63) is 18.2 Å². The van der Waals surface area contributed by atoms with E-state index in [2.05, 4.69) is 4.72 Å². The molecule has 5 nitrogen and oxygen atoms in total. The van der Waals surface area contributed by atoms with E-state index in [-0.39, 0.29) is 16.3 Å². The SMILES string of the molecule is CNS(=O)(=O)c1c(N)cccc1N. The molecule has 0 heterocycles. The number of nitrogen functional groups attached to an aromatic ring is 2. The van der Waals surface area contributed by atoms with Gasteiger partial charge in [-0.15, -0.1) is 0 Å². The largest absolute Gasteiger partial charge is 0.398 e. The van der Waals surface area contributed by atoms with Crippen molar-refractivity contribution >= 4 is 21.4 Å². The van der Waals surface area contributed by atoms with Crippen molar-refractivity contribution in [1.82, 2.24) is 4.72 Å². The van der Waals surface area contributed by atoms with E-state index in [4.69, 9.17) is 11.5 Å². The predicted molar refractivity (Wildman–Crippen MR) is 51.5 cm³/mol. The van der Waals surface area contributed by atoms with Gasteiger partial charge < -0.3 is 11.5 Å². The van der Waals surface area contributed by atoms with Gasteiger partial charge in [-0.3, -0.25) is 0 Å². The van der Waals surface area contributed by atoms with Crippen molar-refractivity contribution in [2.75, 3.05) is 18.5 Å². The number of nitrogens with one attached hydrogen (secondary N) is 1. The van der Waals surface area contributed by atoms with Crippen LogP contribution in [0, 0.1) is 0 Å². The molecule has 6 heteroatoms. The van der Waals surface area contributed by atoms with Gasteiger partial charge in [0.2, 0.25) is 10.0 Å². The van der Waals surface area contributed by atoms with Crippen LogP contribution in [0.15, 0.2) is 23.1 Å². The maximum absolute atomic E-state index is 11.4. The zero-order valence-corrected chi connectivity index (χ0v) is 7.93. The van der Waals surface area contributed by atoms with Gasteiger partial charge in [-0.25, -0.2) is 13.1 Å². The second-order valence-corrected chi connectivity index (χ2v) is 4.30. The Balaban J connectivity index is 3.46. The van der Waals surface area contributed by atoms with Gasteiger partial charge in [0, 0.05) is 0 Å². The summed E-state index contributed by atoms with van der Waals surface area (Å²) in [5.74, 6) is 0. The lowest BCUT2D eigenvalue weighted by Gasteiger charge is -2.08. The number of nitrogens with two attached hydrogens (primary N) is 2. The summed E-state index contributed by atoms with van der Waals surface area (Å²) in [6, 6.07) is 4.57. The maximum atomic E-state index is 11.4. The zero-order valence-electron chi connectivity index (χ0n) is 7.11. The molecule has 1 aromatic rings. The van der Waals surface area contributed by atoms with Crippen molar-refractivity contribution in [2.24, 2.45) is 0 Å². The summed E-state index contributed by atoms with van der Waals surface area (Å²) in [4.78, 5) is -0.0579. The lowest BCUT2D eigenvalue weighted by Crippen LogP contribution is -2.21. The van der Waals surface area contributed by atoms with Gasteiger partial charge in [-0.05, 0) is 19.2 Å². The highest BCUT2D eigenvalue weighted by molar-refractivity contribution is 7.89. The van der Waals surface area contributed by atoms with Gasteiger partial charge in [-0.1, -0.05) is 6.07 Å². The van der Waals surface area contributed by atoms with Crippen molar-refractivity contribution < 1.29 is 8.42 Å². The van der Waals surface area contributed by atoms with E-state index in [1.165, 1.54) is 19.2 Å². The number of anilines is 2. The fourth-order valence-corrected chi connectivity index (χ4v) is 1.95. The summed E-state index contributed by atoms with van der Waals surface area (Å²) < 4.78 is 24.9. The normalized spacial score (nSPS) is 11.5. The monoisotopic (exact) mass is 201 g/mol. The number of sulfonamides is 1. The molecule has 0 unspecified atom stereocenters. The van der Waals surface area contributed by atoms with Gasteiger partial charge in [0.1, 0.15) is 4.90 Å². The van der Waals surface area contributed by atoms with E-state index in [1.807, 2.05) is 0 Å². The molecule has 0 fully saturated rings. The predicted octanol–water partition coefficient (Wildman–Crippen LogP) is -0.241. The second kappa shape index (κ2) is 3.23. The lowest BCUT2D eigenvalue weighted by molar-refractivity contribution is 0.589. The van der Waals surface area contributed by atoms with Gasteiger partial charge >= 0.3 is 0 Å². The minimum absolute atomic E-state index is 0.0579. The molecule has 0 atom stereocenters. The van der Waals surface area contributed by atoms with E-state index >= 15 is 0 Å². The summed E-state index contributed by atoms with van der Waals surface area (Å²) in [5.41, 5.74) is 11.3. The smallest absolute Gasteiger partial charge is 0.244 e. The fourth-order valence-electron chi connectivity index (χ4n) is 0.986. The van der Waals surface area contributed by atoms with Crippen LogP contribution in [-0.4, -0.2) is 15.5 Å². The molecule has 0 saturated carbocycles. The molecule has 1 rings (SSSR count). The third kappa shape index (κ3) is 1.73. The third-order valence-corrected chi connectivity index (χ3v) is 3.16. The molecule has 0 spiro atoms. The average molecular weight is 201 g/mol. The van der Waals surface area contributed by atoms with Crippen molar-refractivity contribution in [3.63, 3.8) is 0 Å².